The summed E-state index contributed by atoms with van der Waals surface area (Å²) in [6.45, 7) is 4.93. The molecule has 0 unspecified atom stereocenters. The molecule has 0 aliphatic rings. The van der Waals surface area contributed by atoms with E-state index in [0.29, 0.717) is 23.2 Å². The molecule has 0 fully saturated rings. The normalized spacial score (nSPS) is 11.7. The van der Waals surface area contributed by atoms with Gasteiger partial charge < -0.3 is 19.7 Å². The van der Waals surface area contributed by atoms with Crippen LogP contribution in [0, 0.1) is 5.41 Å². The molecule has 0 atom stereocenters. The van der Waals surface area contributed by atoms with E-state index < -0.39 is 0 Å². The molecule has 2 aromatic carbocycles. The molecule has 0 spiro atoms. The first-order valence-electron chi connectivity index (χ1n) is 10.5. The quantitative estimate of drug-likeness (QED) is 0.366. The van der Waals surface area contributed by atoms with E-state index >= 15 is 0 Å². The van der Waals surface area contributed by atoms with Crippen LogP contribution in [-0.4, -0.2) is 26.2 Å². The van der Waals surface area contributed by atoms with Crippen molar-refractivity contribution >= 4 is 28.6 Å². The molecule has 4 aromatic rings. The predicted molar refractivity (Wildman–Crippen MR) is 128 cm³/mol. The number of aryl methyl sites for hydroxylation is 1. The average Bonchev–Trinajstić information content (AvgIpc) is 3.10. The minimum Gasteiger partial charge on any atom is -0.439 e. The number of aliphatic hydroxyl groups is 1. The molecule has 7 heteroatoms. The Balaban J connectivity index is 1.42. The van der Waals surface area contributed by atoms with Crippen LogP contribution in [0.5, 0.6) is 11.6 Å². The number of hydrogen-bond donors (Lipinski definition) is 2. The average molecular weight is 451 g/mol. The van der Waals surface area contributed by atoms with Crippen LogP contribution in [0.15, 0.2) is 60.8 Å². The molecular formula is C25H27ClN4O2. The lowest BCUT2D eigenvalue weighted by atomic mass is 9.87. The van der Waals surface area contributed by atoms with Crippen LogP contribution in [0.25, 0.3) is 11.0 Å². The van der Waals surface area contributed by atoms with E-state index in [1.807, 2.05) is 37.4 Å². The molecule has 0 saturated heterocycles. The van der Waals surface area contributed by atoms with Gasteiger partial charge in [-0.25, -0.2) is 9.97 Å². The molecule has 166 valence electrons. The fourth-order valence-corrected chi connectivity index (χ4v) is 3.62. The Hall–Kier alpha value is -3.09. The highest BCUT2D eigenvalue weighted by Crippen LogP contribution is 2.26. The number of fused-ring (bicyclic) bond motifs is 1. The summed E-state index contributed by atoms with van der Waals surface area (Å²) in [6.07, 6.45) is 2.37. The van der Waals surface area contributed by atoms with Crippen molar-refractivity contribution in [3.8, 4) is 11.6 Å². The van der Waals surface area contributed by atoms with Gasteiger partial charge in [-0.3, -0.25) is 0 Å². The zero-order chi connectivity index (χ0) is 22.7. The van der Waals surface area contributed by atoms with Gasteiger partial charge in [0.2, 0.25) is 11.8 Å². The number of hydrogen-bond acceptors (Lipinski definition) is 5. The SMILES string of the molecule is Cn1c(NCc2ccc(Oc3ccc(Cl)cn3)cc2)nc2ccc(CC(C)(C)CO)cc21. The van der Waals surface area contributed by atoms with Crippen LogP contribution >= 0.6 is 11.6 Å². The van der Waals surface area contributed by atoms with Crippen LogP contribution in [-0.2, 0) is 20.0 Å². The minimum absolute atomic E-state index is 0.146. The van der Waals surface area contributed by atoms with Gasteiger partial charge in [-0.05, 0) is 53.3 Å². The molecule has 0 saturated carbocycles. The molecule has 0 radical (unpaired) electrons. The summed E-state index contributed by atoms with van der Waals surface area (Å²) in [5.41, 5.74) is 4.17. The van der Waals surface area contributed by atoms with E-state index in [-0.39, 0.29) is 12.0 Å². The topological polar surface area (TPSA) is 72.2 Å². The second-order valence-corrected chi connectivity index (χ2v) is 9.17. The summed E-state index contributed by atoms with van der Waals surface area (Å²) >= 11 is 5.86. The number of aliphatic hydroxyl groups excluding tert-OH is 1. The lowest BCUT2D eigenvalue weighted by molar-refractivity contribution is 0.159. The van der Waals surface area contributed by atoms with E-state index in [0.717, 1.165) is 29.0 Å². The molecule has 2 N–H and O–H groups in total. The third-order valence-electron chi connectivity index (χ3n) is 5.35. The third kappa shape index (κ3) is 5.21. The predicted octanol–water partition coefficient (Wildman–Crippen LogP) is 5.59. The minimum atomic E-state index is -0.146. The highest BCUT2D eigenvalue weighted by Gasteiger charge is 2.18. The number of nitrogens with one attached hydrogen (secondary N) is 1. The molecule has 0 bridgehead atoms. The smallest absolute Gasteiger partial charge is 0.219 e. The number of halogens is 1. The number of nitrogens with zero attached hydrogens (tertiary/aromatic N) is 3. The van der Waals surface area contributed by atoms with E-state index in [1.165, 1.54) is 5.56 Å². The molecule has 32 heavy (non-hydrogen) atoms. The third-order valence-corrected chi connectivity index (χ3v) is 5.58. The van der Waals surface area contributed by atoms with Gasteiger partial charge in [0.05, 0.1) is 16.1 Å². The first-order chi connectivity index (χ1) is 15.3. The number of ether oxygens (including phenoxy) is 1. The molecule has 2 heterocycles. The zero-order valence-corrected chi connectivity index (χ0v) is 19.2. The number of rotatable bonds is 8. The van der Waals surface area contributed by atoms with Gasteiger partial charge in [-0.15, -0.1) is 0 Å². The largest absolute Gasteiger partial charge is 0.439 e. The van der Waals surface area contributed by atoms with Crippen molar-refractivity contribution in [1.82, 2.24) is 14.5 Å². The number of benzene rings is 2. The molecule has 6 nitrogen and oxygen atoms in total. The summed E-state index contributed by atoms with van der Waals surface area (Å²) in [5, 5.41) is 13.6. The van der Waals surface area contributed by atoms with Crippen molar-refractivity contribution in [3.05, 3.63) is 76.9 Å². The van der Waals surface area contributed by atoms with Gasteiger partial charge in [0, 0.05) is 32.5 Å². The maximum absolute atomic E-state index is 9.56. The summed E-state index contributed by atoms with van der Waals surface area (Å²) in [7, 11) is 2.01. The molecular weight excluding hydrogens is 424 g/mol. The van der Waals surface area contributed by atoms with Gasteiger partial charge in [-0.2, -0.15) is 0 Å². The number of aromatic nitrogens is 3. The second-order valence-electron chi connectivity index (χ2n) is 8.73. The fourth-order valence-electron chi connectivity index (χ4n) is 3.51. The lowest BCUT2D eigenvalue weighted by Crippen LogP contribution is -2.19. The second kappa shape index (κ2) is 9.18. The zero-order valence-electron chi connectivity index (χ0n) is 18.5. The summed E-state index contributed by atoms with van der Waals surface area (Å²) in [5.74, 6) is 2.02. The number of anilines is 1. The van der Waals surface area contributed by atoms with Crippen LogP contribution in [0.4, 0.5) is 5.95 Å². The van der Waals surface area contributed by atoms with E-state index in [9.17, 15) is 5.11 Å². The summed E-state index contributed by atoms with van der Waals surface area (Å²) in [4.78, 5) is 8.87. The Labute approximate surface area is 192 Å². The van der Waals surface area contributed by atoms with Crippen LogP contribution in [0.2, 0.25) is 5.02 Å². The monoisotopic (exact) mass is 450 g/mol. The van der Waals surface area contributed by atoms with Gasteiger partial charge in [-0.1, -0.05) is 43.6 Å². The van der Waals surface area contributed by atoms with Crippen LogP contribution in [0.1, 0.15) is 25.0 Å². The highest BCUT2D eigenvalue weighted by atomic mass is 35.5. The first-order valence-corrected chi connectivity index (χ1v) is 10.9. The number of pyridine rings is 1. The first kappa shape index (κ1) is 22.1. The van der Waals surface area contributed by atoms with Crippen molar-refractivity contribution < 1.29 is 9.84 Å². The standard InChI is InChI=1S/C25H27ClN4O2/c1-25(2,16-31)13-18-6-10-21-22(12-18)30(3)24(29-21)28-14-17-4-8-20(9-5-17)32-23-11-7-19(26)15-27-23/h4-12,15,31H,13-14,16H2,1-3H3,(H,28,29). The fraction of sp³-hybridized carbons (Fsp3) is 0.280. The lowest BCUT2D eigenvalue weighted by Gasteiger charge is -2.21. The maximum atomic E-state index is 9.56. The Morgan fingerprint density at radius 2 is 1.81 bits per heavy atom. The van der Waals surface area contributed by atoms with Crippen molar-refractivity contribution in [2.24, 2.45) is 12.5 Å². The van der Waals surface area contributed by atoms with Crippen molar-refractivity contribution in [2.45, 2.75) is 26.8 Å². The maximum Gasteiger partial charge on any atom is 0.219 e. The Morgan fingerprint density at radius 1 is 1.06 bits per heavy atom. The van der Waals surface area contributed by atoms with E-state index in [2.05, 4.69) is 40.8 Å². The van der Waals surface area contributed by atoms with Crippen molar-refractivity contribution in [1.29, 1.82) is 0 Å². The highest BCUT2D eigenvalue weighted by molar-refractivity contribution is 6.30. The van der Waals surface area contributed by atoms with Crippen LogP contribution in [0.3, 0.4) is 0 Å². The summed E-state index contributed by atoms with van der Waals surface area (Å²) in [6, 6.07) is 17.6. The van der Waals surface area contributed by atoms with E-state index in [4.69, 9.17) is 21.3 Å². The Morgan fingerprint density at radius 3 is 2.50 bits per heavy atom. The van der Waals surface area contributed by atoms with Crippen molar-refractivity contribution in [2.75, 3.05) is 11.9 Å². The van der Waals surface area contributed by atoms with Gasteiger partial charge in [0.1, 0.15) is 5.75 Å². The van der Waals surface area contributed by atoms with Crippen LogP contribution < -0.4 is 10.1 Å². The van der Waals surface area contributed by atoms with Gasteiger partial charge >= 0.3 is 0 Å². The molecule has 0 aliphatic heterocycles. The summed E-state index contributed by atoms with van der Waals surface area (Å²) < 4.78 is 7.81. The molecule has 4 rings (SSSR count). The number of imidazole rings is 1. The Kier molecular flexibility index (Phi) is 6.35. The van der Waals surface area contributed by atoms with Gasteiger partial charge in [0.25, 0.3) is 0 Å². The van der Waals surface area contributed by atoms with Crippen molar-refractivity contribution in [3.63, 3.8) is 0 Å². The Bertz CT molecular complexity index is 1200. The molecule has 0 aliphatic carbocycles. The molecule has 0 amide bonds. The van der Waals surface area contributed by atoms with E-state index in [1.54, 1.807) is 18.3 Å². The van der Waals surface area contributed by atoms with Gasteiger partial charge in [0.15, 0.2) is 0 Å². The molecule has 2 aromatic heterocycles.